The van der Waals surface area contributed by atoms with Gasteiger partial charge in [-0.3, -0.25) is 9.36 Å². The Labute approximate surface area is 283 Å². The summed E-state index contributed by atoms with van der Waals surface area (Å²) in [6, 6.07) is 15.7. The molecule has 2 heterocycles. The third-order valence-corrected chi connectivity index (χ3v) is 8.77. The minimum Gasteiger partial charge on any atom is -0.490 e. The average Bonchev–Trinajstić information content (AvgIpc) is 3.36. The molecule has 0 saturated carbocycles. The minimum absolute atomic E-state index is 0.219. The first-order valence-corrected chi connectivity index (χ1v) is 16.6. The summed E-state index contributed by atoms with van der Waals surface area (Å²) in [4.78, 5) is 31.9. The molecular weight excluding hydrogens is 696 g/mol. The Morgan fingerprint density at radius 1 is 0.957 bits per heavy atom. The van der Waals surface area contributed by atoms with Gasteiger partial charge in [0.2, 0.25) is 0 Å². The molecule has 0 fully saturated rings. The predicted molar refractivity (Wildman–Crippen MR) is 181 cm³/mol. The number of thiazole rings is 1. The smallest absolute Gasteiger partial charge is 0.337 e. The van der Waals surface area contributed by atoms with Gasteiger partial charge in [-0.1, -0.05) is 41.1 Å². The van der Waals surface area contributed by atoms with Crippen molar-refractivity contribution in [3.05, 3.63) is 112 Å². The van der Waals surface area contributed by atoms with E-state index in [0.717, 1.165) is 5.56 Å². The summed E-state index contributed by atoms with van der Waals surface area (Å²) in [6.07, 6.45) is 3.22. The van der Waals surface area contributed by atoms with Gasteiger partial charge in [-0.15, -0.1) is 0 Å². The molecule has 0 unspecified atom stereocenters. The zero-order chi connectivity index (χ0) is 32.8. The Kier molecular flexibility index (Phi) is 10.9. The molecule has 0 amide bonds. The number of rotatable bonds is 12. The number of hydrogen-bond donors (Lipinski definition) is 0. The summed E-state index contributed by atoms with van der Waals surface area (Å²) in [5.41, 5.74) is 2.21. The summed E-state index contributed by atoms with van der Waals surface area (Å²) in [5, 5.41) is 0.650. The molecule has 1 atom stereocenters. The van der Waals surface area contributed by atoms with Crippen molar-refractivity contribution >= 4 is 50.9 Å². The van der Waals surface area contributed by atoms with Gasteiger partial charge in [0.25, 0.3) is 5.56 Å². The van der Waals surface area contributed by atoms with Crippen LogP contribution in [0.4, 0.5) is 0 Å². The van der Waals surface area contributed by atoms with Gasteiger partial charge in [-0.05, 0) is 95.9 Å². The second-order valence-corrected chi connectivity index (χ2v) is 12.2. The molecule has 0 spiro atoms. The number of methoxy groups -OCH3 is 1. The fraction of sp³-hybridized carbons (Fsp3) is 0.265. The molecular formula is C34H32BrClN2O7S. The number of aromatic nitrogens is 1. The number of fused-ring (bicyclic) bond motifs is 1. The first-order chi connectivity index (χ1) is 22.3. The lowest BCUT2D eigenvalue weighted by Gasteiger charge is -2.23. The third-order valence-electron chi connectivity index (χ3n) is 6.93. The minimum atomic E-state index is -0.796. The summed E-state index contributed by atoms with van der Waals surface area (Å²) in [7, 11) is 1.30. The van der Waals surface area contributed by atoms with Crippen LogP contribution in [0.15, 0.2) is 80.6 Å². The van der Waals surface area contributed by atoms with Gasteiger partial charge in [0.05, 0.1) is 47.6 Å². The van der Waals surface area contributed by atoms with E-state index in [9.17, 15) is 9.59 Å². The Bertz CT molecular complexity index is 1950. The number of esters is 1. The number of carbonyl (C=O) groups is 1. The van der Waals surface area contributed by atoms with Crippen LogP contribution >= 0.6 is 38.9 Å². The average molecular weight is 728 g/mol. The van der Waals surface area contributed by atoms with Gasteiger partial charge < -0.3 is 23.7 Å². The highest BCUT2D eigenvalue weighted by molar-refractivity contribution is 9.10. The molecule has 4 aromatic rings. The van der Waals surface area contributed by atoms with Crippen LogP contribution in [-0.4, -0.2) is 37.5 Å². The normalized spacial score (nSPS) is 14.2. The number of ether oxygens (including phenoxy) is 5. The largest absolute Gasteiger partial charge is 0.490 e. The number of hydrogen-bond acceptors (Lipinski definition) is 9. The molecule has 3 aromatic carbocycles. The topological polar surface area (TPSA) is 97.6 Å². The van der Waals surface area contributed by atoms with Gasteiger partial charge in [0.15, 0.2) is 27.8 Å². The maximum Gasteiger partial charge on any atom is 0.337 e. The second-order valence-electron chi connectivity index (χ2n) is 9.93. The van der Waals surface area contributed by atoms with E-state index in [1.807, 2.05) is 63.2 Å². The molecule has 1 aliphatic heterocycles. The van der Waals surface area contributed by atoms with E-state index in [1.165, 1.54) is 29.2 Å². The highest BCUT2D eigenvalue weighted by atomic mass is 79.9. The fourth-order valence-electron chi connectivity index (χ4n) is 4.95. The maximum absolute atomic E-state index is 14.1. The molecule has 0 bridgehead atoms. The molecule has 5 rings (SSSR count). The van der Waals surface area contributed by atoms with Gasteiger partial charge in [0, 0.05) is 11.2 Å². The van der Waals surface area contributed by atoms with E-state index in [1.54, 1.807) is 18.2 Å². The van der Waals surface area contributed by atoms with Crippen molar-refractivity contribution in [2.24, 2.45) is 4.99 Å². The Morgan fingerprint density at radius 2 is 1.65 bits per heavy atom. The van der Waals surface area contributed by atoms with Gasteiger partial charge >= 0.3 is 5.97 Å². The SMILES string of the molecule is CCOc1ccc([C@@H]2C(C(=O)OC)=CN=c3s/c(=C/c4cc(Br)c(OCc5ccc(Cl)cc5)c(OCC)c4)c(=O)n32)cc1OCC. The predicted octanol–water partition coefficient (Wildman–Crippen LogP) is 6.21. The number of nitrogens with zero attached hydrogens (tertiary/aromatic N) is 2. The molecule has 1 aliphatic rings. The van der Waals surface area contributed by atoms with E-state index < -0.39 is 12.0 Å². The zero-order valence-corrected chi connectivity index (χ0v) is 28.8. The second kappa shape index (κ2) is 15.0. The molecule has 9 nitrogen and oxygen atoms in total. The quantitative estimate of drug-likeness (QED) is 0.160. The van der Waals surface area contributed by atoms with Crippen LogP contribution in [0.1, 0.15) is 43.5 Å². The van der Waals surface area contributed by atoms with Crippen LogP contribution in [0, 0.1) is 0 Å². The summed E-state index contributed by atoms with van der Waals surface area (Å²) in [6.45, 7) is 7.24. The highest BCUT2D eigenvalue weighted by Crippen LogP contribution is 2.38. The fourth-order valence-corrected chi connectivity index (χ4v) is 6.62. The van der Waals surface area contributed by atoms with Crippen molar-refractivity contribution in [3.8, 4) is 23.0 Å². The lowest BCUT2D eigenvalue weighted by Crippen LogP contribution is -2.39. The lowest BCUT2D eigenvalue weighted by molar-refractivity contribution is -0.136. The van der Waals surface area contributed by atoms with E-state index in [4.69, 9.17) is 35.3 Å². The summed E-state index contributed by atoms with van der Waals surface area (Å²) in [5.74, 6) is 1.55. The Morgan fingerprint density at radius 3 is 2.35 bits per heavy atom. The van der Waals surface area contributed by atoms with Crippen LogP contribution < -0.4 is 33.8 Å². The number of halogens is 2. The highest BCUT2D eigenvalue weighted by Gasteiger charge is 2.31. The van der Waals surface area contributed by atoms with E-state index in [-0.39, 0.29) is 11.1 Å². The van der Waals surface area contributed by atoms with E-state index in [0.29, 0.717) is 79.4 Å². The van der Waals surface area contributed by atoms with Gasteiger partial charge in [-0.2, -0.15) is 0 Å². The Hall–Kier alpha value is -4.06. The lowest BCUT2D eigenvalue weighted by atomic mass is 9.97. The molecule has 1 aromatic heterocycles. The van der Waals surface area contributed by atoms with Crippen LogP contribution in [-0.2, 0) is 16.1 Å². The Balaban J connectivity index is 1.57. The standard InChI is InChI=1S/C34H32BrClN2O7S/c1-5-42-26-13-10-22(17-27(26)43-6-2)30-24(33(40)41-4)18-37-34-38(30)32(39)29(46-34)16-21-14-25(35)31(28(15-21)44-7-3)45-19-20-8-11-23(36)12-9-20/h8-18,30H,5-7,19H2,1-4H3/b29-16+/t30-/m1/s1. The van der Waals surface area contributed by atoms with Crippen molar-refractivity contribution in [2.75, 3.05) is 26.9 Å². The first-order valence-electron chi connectivity index (χ1n) is 14.6. The molecule has 46 heavy (non-hydrogen) atoms. The van der Waals surface area contributed by atoms with Crippen molar-refractivity contribution in [2.45, 2.75) is 33.4 Å². The molecule has 0 radical (unpaired) electrons. The van der Waals surface area contributed by atoms with Crippen molar-refractivity contribution < 1.29 is 28.5 Å². The van der Waals surface area contributed by atoms with Crippen LogP contribution in [0.25, 0.3) is 6.08 Å². The number of benzene rings is 3. The van der Waals surface area contributed by atoms with E-state index in [2.05, 4.69) is 20.9 Å². The number of carbonyl (C=O) groups excluding carboxylic acids is 1. The molecule has 0 saturated heterocycles. The van der Waals surface area contributed by atoms with Crippen LogP contribution in [0.5, 0.6) is 23.0 Å². The monoisotopic (exact) mass is 726 g/mol. The summed E-state index contributed by atoms with van der Waals surface area (Å²) < 4.78 is 31.3. The van der Waals surface area contributed by atoms with Crippen LogP contribution in [0.2, 0.25) is 5.02 Å². The van der Waals surface area contributed by atoms with Crippen LogP contribution in [0.3, 0.4) is 0 Å². The van der Waals surface area contributed by atoms with Crippen molar-refractivity contribution in [1.29, 1.82) is 0 Å². The van der Waals surface area contributed by atoms with E-state index >= 15 is 0 Å². The van der Waals surface area contributed by atoms with Crippen molar-refractivity contribution in [3.63, 3.8) is 0 Å². The van der Waals surface area contributed by atoms with Gasteiger partial charge in [-0.25, -0.2) is 9.79 Å². The van der Waals surface area contributed by atoms with Gasteiger partial charge in [0.1, 0.15) is 6.61 Å². The molecule has 12 heteroatoms. The van der Waals surface area contributed by atoms with Crippen molar-refractivity contribution in [1.82, 2.24) is 4.57 Å². The molecule has 240 valence electrons. The molecule has 0 N–H and O–H groups in total. The first kappa shape index (κ1) is 33.3. The molecule has 0 aliphatic carbocycles. The zero-order valence-electron chi connectivity index (χ0n) is 25.7. The summed E-state index contributed by atoms with van der Waals surface area (Å²) >= 11 is 10.9. The third kappa shape index (κ3) is 7.16. The maximum atomic E-state index is 14.1.